The van der Waals surface area contributed by atoms with E-state index in [0.29, 0.717) is 29.9 Å². The first-order valence-electron chi connectivity index (χ1n) is 8.78. The summed E-state index contributed by atoms with van der Waals surface area (Å²) in [5.74, 6) is 1.24. The number of hydrogen-bond acceptors (Lipinski definition) is 7. The maximum absolute atomic E-state index is 12.2. The molecule has 0 fully saturated rings. The van der Waals surface area contributed by atoms with Crippen molar-refractivity contribution in [2.24, 2.45) is 0 Å². The molecular formula is C19H23N5O2S. The summed E-state index contributed by atoms with van der Waals surface area (Å²) in [5.41, 5.74) is 2.86. The predicted molar refractivity (Wildman–Crippen MR) is 105 cm³/mol. The first kappa shape index (κ1) is 19.2. The van der Waals surface area contributed by atoms with Gasteiger partial charge in [0.15, 0.2) is 11.0 Å². The molecule has 27 heavy (non-hydrogen) atoms. The number of aryl methyl sites for hydroxylation is 2. The quantitative estimate of drug-likeness (QED) is 0.617. The van der Waals surface area contributed by atoms with Gasteiger partial charge in [0.05, 0.1) is 17.9 Å². The molecule has 0 bridgehead atoms. The molecule has 0 aliphatic carbocycles. The summed E-state index contributed by atoms with van der Waals surface area (Å²) >= 11 is 1.46. The van der Waals surface area contributed by atoms with Crippen molar-refractivity contribution in [3.63, 3.8) is 0 Å². The highest BCUT2D eigenvalue weighted by atomic mass is 32.1. The highest BCUT2D eigenvalue weighted by Gasteiger charge is 2.18. The fourth-order valence-electron chi connectivity index (χ4n) is 2.65. The van der Waals surface area contributed by atoms with Gasteiger partial charge in [0, 0.05) is 25.3 Å². The fourth-order valence-corrected chi connectivity index (χ4v) is 3.53. The van der Waals surface area contributed by atoms with Crippen LogP contribution in [0.1, 0.15) is 36.8 Å². The number of rotatable bonds is 7. The van der Waals surface area contributed by atoms with Crippen molar-refractivity contribution in [1.82, 2.24) is 20.0 Å². The smallest absolute Gasteiger partial charge is 0.240 e. The lowest BCUT2D eigenvalue weighted by atomic mass is 10.2. The Bertz CT molecular complexity index is 903. The molecule has 142 valence electrons. The summed E-state index contributed by atoms with van der Waals surface area (Å²) in [4.78, 5) is 24.8. The lowest BCUT2D eigenvalue weighted by Gasteiger charge is -2.18. The van der Waals surface area contributed by atoms with Crippen LogP contribution < -0.4 is 4.90 Å². The molecule has 3 rings (SSSR count). The van der Waals surface area contributed by atoms with Crippen LogP contribution in [0.25, 0.3) is 0 Å². The normalized spacial score (nSPS) is 11.1. The molecule has 3 aromatic rings. The van der Waals surface area contributed by atoms with Gasteiger partial charge in [0.1, 0.15) is 0 Å². The lowest BCUT2D eigenvalue weighted by Crippen LogP contribution is -2.23. The lowest BCUT2D eigenvalue weighted by molar-refractivity contribution is -0.115. The second-order valence-electron chi connectivity index (χ2n) is 6.44. The molecule has 0 saturated carbocycles. The van der Waals surface area contributed by atoms with E-state index < -0.39 is 0 Å². The van der Waals surface area contributed by atoms with Gasteiger partial charge in [-0.1, -0.05) is 29.8 Å². The van der Waals surface area contributed by atoms with E-state index in [-0.39, 0.29) is 5.91 Å². The topological polar surface area (TPSA) is 75.4 Å². The Labute approximate surface area is 162 Å². The summed E-state index contributed by atoms with van der Waals surface area (Å²) < 4.78 is 5.23. The van der Waals surface area contributed by atoms with Gasteiger partial charge >= 0.3 is 0 Å². The fraction of sp³-hybridized carbons (Fsp3) is 0.368. The first-order valence-corrected chi connectivity index (χ1v) is 9.66. The van der Waals surface area contributed by atoms with E-state index in [1.807, 2.05) is 50.5 Å². The van der Waals surface area contributed by atoms with Gasteiger partial charge in [-0.25, -0.2) is 4.98 Å². The molecule has 1 aromatic carbocycles. The van der Waals surface area contributed by atoms with Crippen molar-refractivity contribution in [3.05, 3.63) is 52.6 Å². The number of aromatic nitrogens is 3. The Morgan fingerprint density at radius 2 is 1.93 bits per heavy atom. The standard InChI is InChI=1S/C19H23N5O2S/c1-5-17-21-18(26-22-17)11-23(4)10-15-12-27-19(20-15)24(14(3)25)16-8-6-13(2)7-9-16/h6-9,12H,5,10-11H2,1-4H3. The minimum atomic E-state index is -0.0638. The molecule has 0 aliphatic rings. The third-order valence-corrected chi connectivity index (χ3v) is 4.88. The van der Waals surface area contributed by atoms with E-state index in [1.165, 1.54) is 11.3 Å². The van der Waals surface area contributed by atoms with Gasteiger partial charge in [-0.3, -0.25) is 14.6 Å². The third kappa shape index (κ3) is 4.78. The predicted octanol–water partition coefficient (Wildman–Crippen LogP) is 3.71. The van der Waals surface area contributed by atoms with Crippen LogP contribution in [0.3, 0.4) is 0 Å². The monoisotopic (exact) mass is 385 g/mol. The van der Waals surface area contributed by atoms with E-state index in [0.717, 1.165) is 23.4 Å². The van der Waals surface area contributed by atoms with Crippen LogP contribution in [0, 0.1) is 6.92 Å². The van der Waals surface area contributed by atoms with Gasteiger partial charge in [0.2, 0.25) is 11.8 Å². The van der Waals surface area contributed by atoms with Crippen molar-refractivity contribution in [2.75, 3.05) is 11.9 Å². The SMILES string of the molecule is CCc1noc(CN(C)Cc2csc(N(C(C)=O)c3ccc(C)cc3)n2)n1. The van der Waals surface area contributed by atoms with Crippen molar-refractivity contribution >= 4 is 28.1 Å². The maximum Gasteiger partial charge on any atom is 0.240 e. The molecule has 0 spiro atoms. The van der Waals surface area contributed by atoms with Crippen molar-refractivity contribution < 1.29 is 9.32 Å². The van der Waals surface area contributed by atoms with Crippen LogP contribution in [0.5, 0.6) is 0 Å². The van der Waals surface area contributed by atoms with Crippen LogP contribution in [0.15, 0.2) is 34.2 Å². The van der Waals surface area contributed by atoms with Crippen LogP contribution in [-0.4, -0.2) is 33.0 Å². The van der Waals surface area contributed by atoms with E-state index in [9.17, 15) is 4.79 Å². The highest BCUT2D eigenvalue weighted by Crippen LogP contribution is 2.29. The summed E-state index contributed by atoms with van der Waals surface area (Å²) in [7, 11) is 1.97. The van der Waals surface area contributed by atoms with Crippen molar-refractivity contribution in [3.8, 4) is 0 Å². The number of carbonyl (C=O) groups excluding carboxylic acids is 1. The highest BCUT2D eigenvalue weighted by molar-refractivity contribution is 7.14. The number of anilines is 2. The summed E-state index contributed by atoms with van der Waals surface area (Å²) in [6.45, 7) is 6.73. The largest absolute Gasteiger partial charge is 0.338 e. The number of amides is 1. The van der Waals surface area contributed by atoms with Crippen LogP contribution in [0.4, 0.5) is 10.8 Å². The van der Waals surface area contributed by atoms with E-state index in [1.54, 1.807) is 11.8 Å². The number of carbonyl (C=O) groups is 1. The van der Waals surface area contributed by atoms with Gasteiger partial charge in [-0.15, -0.1) is 11.3 Å². The Morgan fingerprint density at radius 3 is 2.56 bits per heavy atom. The number of benzene rings is 1. The Kier molecular flexibility index (Phi) is 5.98. The van der Waals surface area contributed by atoms with Gasteiger partial charge in [-0.05, 0) is 26.1 Å². The molecule has 2 heterocycles. The van der Waals surface area contributed by atoms with Crippen molar-refractivity contribution in [2.45, 2.75) is 40.3 Å². The van der Waals surface area contributed by atoms with Crippen LogP contribution in [-0.2, 0) is 24.3 Å². The molecule has 7 nitrogen and oxygen atoms in total. The summed E-state index contributed by atoms with van der Waals surface area (Å²) in [6, 6.07) is 7.85. The second-order valence-corrected chi connectivity index (χ2v) is 7.28. The zero-order valence-electron chi connectivity index (χ0n) is 16.0. The molecular weight excluding hydrogens is 362 g/mol. The van der Waals surface area contributed by atoms with Gasteiger partial charge in [0.25, 0.3) is 0 Å². The molecule has 0 radical (unpaired) electrons. The molecule has 0 saturated heterocycles. The van der Waals surface area contributed by atoms with Gasteiger partial charge in [-0.2, -0.15) is 4.98 Å². The van der Waals surface area contributed by atoms with Gasteiger partial charge < -0.3 is 4.52 Å². The minimum absolute atomic E-state index is 0.0638. The minimum Gasteiger partial charge on any atom is -0.338 e. The molecule has 2 aromatic heterocycles. The Morgan fingerprint density at radius 1 is 1.19 bits per heavy atom. The maximum atomic E-state index is 12.2. The zero-order chi connectivity index (χ0) is 19.4. The number of thiazole rings is 1. The van der Waals surface area contributed by atoms with Crippen molar-refractivity contribution in [1.29, 1.82) is 0 Å². The Hall–Kier alpha value is -2.58. The zero-order valence-corrected chi connectivity index (χ0v) is 16.8. The molecule has 0 unspecified atom stereocenters. The molecule has 8 heteroatoms. The molecule has 0 aliphatic heterocycles. The third-order valence-electron chi connectivity index (χ3n) is 4.00. The van der Waals surface area contributed by atoms with E-state index >= 15 is 0 Å². The van der Waals surface area contributed by atoms with Crippen LogP contribution in [0.2, 0.25) is 0 Å². The van der Waals surface area contributed by atoms with E-state index in [4.69, 9.17) is 4.52 Å². The molecule has 0 N–H and O–H groups in total. The molecule has 0 atom stereocenters. The summed E-state index contributed by atoms with van der Waals surface area (Å²) in [5, 5.41) is 6.55. The number of hydrogen-bond donors (Lipinski definition) is 0. The second kappa shape index (κ2) is 8.41. The molecule has 1 amide bonds. The average Bonchev–Trinajstić information content (AvgIpc) is 3.26. The Balaban J connectivity index is 1.70. The first-order chi connectivity index (χ1) is 13.0. The summed E-state index contributed by atoms with van der Waals surface area (Å²) in [6.07, 6.45) is 0.753. The average molecular weight is 385 g/mol. The number of nitrogens with zero attached hydrogens (tertiary/aromatic N) is 5. The van der Waals surface area contributed by atoms with Crippen LogP contribution >= 0.6 is 11.3 Å². The van der Waals surface area contributed by atoms with E-state index in [2.05, 4.69) is 20.0 Å².